The number of hydrogen-bond donors (Lipinski definition) is 1. The Bertz CT molecular complexity index is 490. The molecular weight excluding hydrogens is 253 g/mol. The number of rotatable bonds is 5. The summed E-state index contributed by atoms with van der Waals surface area (Å²) >= 11 is 0. The van der Waals surface area contributed by atoms with Crippen molar-refractivity contribution in [3.63, 3.8) is 0 Å². The van der Waals surface area contributed by atoms with Crippen molar-refractivity contribution < 1.29 is 23.8 Å². The lowest BCUT2D eigenvalue weighted by Gasteiger charge is -2.21. The molecule has 1 unspecified atom stereocenters. The molecule has 0 aliphatic rings. The van der Waals surface area contributed by atoms with Crippen LogP contribution in [0.4, 0.5) is 10.1 Å². The van der Waals surface area contributed by atoms with Crippen molar-refractivity contribution in [2.75, 3.05) is 19.1 Å². The van der Waals surface area contributed by atoms with Crippen molar-refractivity contribution in [3.8, 4) is 5.75 Å². The minimum absolute atomic E-state index is 0.0647. The van der Waals surface area contributed by atoms with Gasteiger partial charge in [-0.3, -0.25) is 9.59 Å². The third kappa shape index (κ3) is 3.21. The summed E-state index contributed by atoms with van der Waals surface area (Å²) in [4.78, 5) is 24.0. The number of carboxylic acids is 1. The molecule has 1 atom stereocenters. The number of anilines is 1. The Morgan fingerprint density at radius 2 is 2.11 bits per heavy atom. The van der Waals surface area contributed by atoms with E-state index >= 15 is 0 Å². The number of halogens is 1. The number of amides is 1. The molecule has 1 aromatic carbocycles. The number of ether oxygens (including phenoxy) is 1. The molecule has 104 valence electrons. The third-order valence-electron chi connectivity index (χ3n) is 2.86. The normalized spacial score (nSPS) is 11.8. The van der Waals surface area contributed by atoms with Gasteiger partial charge in [0.25, 0.3) is 0 Å². The molecule has 0 heterocycles. The highest BCUT2D eigenvalue weighted by Gasteiger charge is 2.28. The minimum atomic E-state index is -1.19. The van der Waals surface area contributed by atoms with Gasteiger partial charge in [0.1, 0.15) is 5.92 Å². The van der Waals surface area contributed by atoms with Crippen molar-refractivity contribution >= 4 is 17.6 Å². The molecule has 19 heavy (non-hydrogen) atoms. The smallest absolute Gasteiger partial charge is 0.316 e. The number of aliphatic carboxylic acids is 1. The van der Waals surface area contributed by atoms with Crippen LogP contribution in [-0.4, -0.2) is 31.1 Å². The SMILES string of the molecule is CCC(C(=O)O)C(=O)N(C)c1ccc(OC)c(F)c1. The van der Waals surface area contributed by atoms with Crippen LogP contribution in [0.3, 0.4) is 0 Å². The van der Waals surface area contributed by atoms with Gasteiger partial charge in [-0.25, -0.2) is 4.39 Å². The molecule has 0 saturated carbocycles. The first-order valence-electron chi connectivity index (χ1n) is 5.76. The third-order valence-corrected chi connectivity index (χ3v) is 2.86. The lowest BCUT2D eigenvalue weighted by Crippen LogP contribution is -2.36. The lowest BCUT2D eigenvalue weighted by atomic mass is 10.1. The van der Waals surface area contributed by atoms with Crippen LogP contribution in [0, 0.1) is 11.7 Å². The topological polar surface area (TPSA) is 66.8 Å². The zero-order valence-electron chi connectivity index (χ0n) is 11.0. The lowest BCUT2D eigenvalue weighted by molar-refractivity contribution is -0.146. The first kappa shape index (κ1) is 14.9. The van der Waals surface area contributed by atoms with E-state index in [4.69, 9.17) is 9.84 Å². The number of carbonyl (C=O) groups is 2. The van der Waals surface area contributed by atoms with E-state index in [1.165, 1.54) is 26.3 Å². The van der Waals surface area contributed by atoms with Gasteiger partial charge in [-0.2, -0.15) is 0 Å². The van der Waals surface area contributed by atoms with Crippen molar-refractivity contribution in [1.82, 2.24) is 0 Å². The molecule has 0 aliphatic heterocycles. The highest BCUT2D eigenvalue weighted by atomic mass is 19.1. The van der Waals surface area contributed by atoms with E-state index in [2.05, 4.69) is 0 Å². The number of carbonyl (C=O) groups excluding carboxylic acids is 1. The van der Waals surface area contributed by atoms with Crippen LogP contribution in [0.25, 0.3) is 0 Å². The average molecular weight is 269 g/mol. The number of nitrogens with zero attached hydrogens (tertiary/aromatic N) is 1. The van der Waals surface area contributed by atoms with E-state index in [1.54, 1.807) is 6.92 Å². The molecule has 0 aliphatic carbocycles. The summed E-state index contributed by atoms with van der Waals surface area (Å²) in [5, 5.41) is 8.93. The number of carboxylic acid groups (broad SMARTS) is 1. The fourth-order valence-electron chi connectivity index (χ4n) is 1.68. The van der Waals surface area contributed by atoms with Gasteiger partial charge in [-0.15, -0.1) is 0 Å². The van der Waals surface area contributed by atoms with E-state index in [0.29, 0.717) is 0 Å². The van der Waals surface area contributed by atoms with Crippen molar-refractivity contribution in [3.05, 3.63) is 24.0 Å². The Labute approximate surface area is 110 Å². The molecule has 0 saturated heterocycles. The van der Waals surface area contributed by atoms with Crippen molar-refractivity contribution in [2.45, 2.75) is 13.3 Å². The molecule has 0 spiro atoms. The van der Waals surface area contributed by atoms with Crippen LogP contribution in [0.15, 0.2) is 18.2 Å². The fraction of sp³-hybridized carbons (Fsp3) is 0.385. The van der Waals surface area contributed by atoms with Crippen LogP contribution in [0.1, 0.15) is 13.3 Å². The zero-order valence-corrected chi connectivity index (χ0v) is 11.0. The van der Waals surface area contributed by atoms with E-state index in [1.807, 2.05) is 0 Å². The maximum atomic E-state index is 13.5. The van der Waals surface area contributed by atoms with Gasteiger partial charge < -0.3 is 14.7 Å². The van der Waals surface area contributed by atoms with E-state index < -0.39 is 23.6 Å². The second-order valence-electron chi connectivity index (χ2n) is 4.02. The Hall–Kier alpha value is -2.11. The predicted octanol–water partition coefficient (Wildman–Crippen LogP) is 1.91. The van der Waals surface area contributed by atoms with Gasteiger partial charge in [0.05, 0.1) is 7.11 Å². The zero-order chi connectivity index (χ0) is 14.6. The maximum absolute atomic E-state index is 13.5. The number of hydrogen-bond acceptors (Lipinski definition) is 3. The molecule has 1 N–H and O–H groups in total. The molecule has 1 aromatic rings. The highest BCUT2D eigenvalue weighted by molar-refractivity contribution is 6.05. The van der Waals surface area contributed by atoms with Gasteiger partial charge in [0.2, 0.25) is 5.91 Å². The molecule has 1 rings (SSSR count). The van der Waals surface area contributed by atoms with E-state index in [-0.39, 0.29) is 17.9 Å². The van der Waals surface area contributed by atoms with Crippen LogP contribution < -0.4 is 9.64 Å². The highest BCUT2D eigenvalue weighted by Crippen LogP contribution is 2.24. The summed E-state index contributed by atoms with van der Waals surface area (Å²) in [6, 6.07) is 4.01. The second-order valence-corrected chi connectivity index (χ2v) is 4.02. The summed E-state index contributed by atoms with van der Waals surface area (Å²) < 4.78 is 18.3. The molecule has 6 heteroatoms. The summed E-state index contributed by atoms with van der Waals surface area (Å²) in [6.45, 7) is 1.61. The van der Waals surface area contributed by atoms with Crippen LogP contribution in [-0.2, 0) is 9.59 Å². The predicted molar refractivity (Wildman–Crippen MR) is 67.8 cm³/mol. The van der Waals surface area contributed by atoms with Crippen LogP contribution in [0.2, 0.25) is 0 Å². The standard InChI is InChI=1S/C13H16FNO4/c1-4-9(13(17)18)12(16)15(2)8-5-6-11(19-3)10(14)7-8/h5-7,9H,4H2,1-3H3,(H,17,18). The molecule has 0 bridgehead atoms. The molecule has 0 aromatic heterocycles. The van der Waals surface area contributed by atoms with E-state index in [0.717, 1.165) is 11.0 Å². The van der Waals surface area contributed by atoms with E-state index in [9.17, 15) is 14.0 Å². The largest absolute Gasteiger partial charge is 0.494 e. The second kappa shape index (κ2) is 6.17. The molecule has 1 amide bonds. The fourth-order valence-corrected chi connectivity index (χ4v) is 1.68. The van der Waals surface area contributed by atoms with Gasteiger partial charge in [-0.1, -0.05) is 6.92 Å². The molecule has 0 radical (unpaired) electrons. The van der Waals surface area contributed by atoms with Gasteiger partial charge in [0, 0.05) is 18.8 Å². The average Bonchev–Trinajstić information content (AvgIpc) is 2.37. The van der Waals surface area contributed by atoms with Gasteiger partial charge >= 0.3 is 5.97 Å². The van der Waals surface area contributed by atoms with Gasteiger partial charge in [0.15, 0.2) is 11.6 Å². The summed E-state index contributed by atoms with van der Waals surface area (Å²) in [5.74, 6) is -3.44. The Morgan fingerprint density at radius 3 is 2.53 bits per heavy atom. The minimum Gasteiger partial charge on any atom is -0.494 e. The Balaban J connectivity index is 2.99. The molecule has 0 fully saturated rings. The quantitative estimate of drug-likeness (QED) is 0.829. The Kier molecular flexibility index (Phi) is 4.86. The number of benzene rings is 1. The summed E-state index contributed by atoms with van der Waals surface area (Å²) in [6.07, 6.45) is 0.178. The molecular formula is C13H16FNO4. The van der Waals surface area contributed by atoms with Crippen molar-refractivity contribution in [2.24, 2.45) is 5.92 Å². The summed E-state index contributed by atoms with van der Waals surface area (Å²) in [5.41, 5.74) is 0.281. The first-order chi connectivity index (χ1) is 8.92. The van der Waals surface area contributed by atoms with Crippen LogP contribution in [0.5, 0.6) is 5.75 Å². The first-order valence-corrected chi connectivity index (χ1v) is 5.76. The molecule has 5 nitrogen and oxygen atoms in total. The number of methoxy groups -OCH3 is 1. The van der Waals surface area contributed by atoms with Crippen LogP contribution >= 0.6 is 0 Å². The maximum Gasteiger partial charge on any atom is 0.316 e. The van der Waals surface area contributed by atoms with Crippen molar-refractivity contribution in [1.29, 1.82) is 0 Å². The monoisotopic (exact) mass is 269 g/mol. The Morgan fingerprint density at radius 1 is 1.47 bits per heavy atom. The summed E-state index contributed by atoms with van der Waals surface area (Å²) in [7, 11) is 2.75. The van der Waals surface area contributed by atoms with Gasteiger partial charge in [-0.05, 0) is 18.6 Å².